The number of carbonyl (C=O) groups excluding carboxylic acids is 1. The Hall–Kier alpha value is -4.40. The van der Waals surface area contributed by atoms with Crippen LogP contribution in [0.15, 0.2) is 65.0 Å². The van der Waals surface area contributed by atoms with Crippen molar-refractivity contribution in [3.63, 3.8) is 0 Å². The first-order valence-electron chi connectivity index (χ1n) is 11.1. The molecule has 1 amide bonds. The van der Waals surface area contributed by atoms with E-state index in [1.807, 2.05) is 51.1 Å². The number of phenolic OH excluding ortho intramolecular Hbond substituents is 1. The second kappa shape index (κ2) is 8.51. The van der Waals surface area contributed by atoms with Gasteiger partial charge in [0.1, 0.15) is 11.3 Å². The summed E-state index contributed by atoms with van der Waals surface area (Å²) in [6, 6.07) is 14.4. The summed E-state index contributed by atoms with van der Waals surface area (Å²) in [7, 11) is 0. The van der Waals surface area contributed by atoms with Gasteiger partial charge in [-0.3, -0.25) is 4.79 Å². The van der Waals surface area contributed by atoms with Gasteiger partial charge in [-0.15, -0.1) is 15.3 Å². The fourth-order valence-corrected chi connectivity index (χ4v) is 4.03. The minimum absolute atomic E-state index is 0.0489. The van der Waals surface area contributed by atoms with Crippen LogP contribution >= 0.6 is 0 Å². The van der Waals surface area contributed by atoms with E-state index >= 15 is 0 Å². The Labute approximate surface area is 195 Å². The smallest absolute Gasteiger partial charge is 0.257 e. The van der Waals surface area contributed by atoms with Gasteiger partial charge in [0.25, 0.3) is 5.91 Å². The fourth-order valence-electron chi connectivity index (χ4n) is 4.03. The van der Waals surface area contributed by atoms with Crippen molar-refractivity contribution >= 4 is 44.7 Å². The van der Waals surface area contributed by atoms with Crippen molar-refractivity contribution in [2.24, 2.45) is 10.2 Å². The number of amides is 1. The average molecular weight is 454 g/mol. The van der Waals surface area contributed by atoms with Crippen LogP contribution in [0.4, 0.5) is 11.4 Å². The summed E-state index contributed by atoms with van der Waals surface area (Å²) >= 11 is 0. The fraction of sp³-hybridized carbons (Fsp3) is 0.200. The maximum Gasteiger partial charge on any atom is 0.257 e. The number of fused-ring (bicyclic) bond motifs is 4. The van der Waals surface area contributed by atoms with Crippen LogP contribution in [0, 0.1) is 6.92 Å². The molecule has 5 aromatic rings. The molecular formula is C25H23N7O2. The first-order valence-corrected chi connectivity index (χ1v) is 11.1. The minimum atomic E-state index is -0.245. The molecule has 3 aromatic carbocycles. The Morgan fingerprint density at radius 3 is 2.56 bits per heavy atom. The van der Waals surface area contributed by atoms with Crippen molar-refractivity contribution in [2.45, 2.75) is 20.8 Å². The topological polar surface area (TPSA) is 108 Å². The number of benzene rings is 3. The molecule has 0 saturated carbocycles. The molecule has 0 bridgehead atoms. The van der Waals surface area contributed by atoms with Crippen molar-refractivity contribution < 1.29 is 9.90 Å². The highest BCUT2D eigenvalue weighted by atomic mass is 16.3. The van der Waals surface area contributed by atoms with Gasteiger partial charge in [0, 0.05) is 29.4 Å². The molecule has 0 radical (unpaired) electrons. The lowest BCUT2D eigenvalue weighted by Gasteiger charge is -2.20. The van der Waals surface area contributed by atoms with E-state index in [0.29, 0.717) is 46.4 Å². The lowest BCUT2D eigenvalue weighted by Crippen LogP contribution is -2.30. The third-order valence-electron chi connectivity index (χ3n) is 5.91. The molecule has 9 nitrogen and oxygen atoms in total. The van der Waals surface area contributed by atoms with Crippen LogP contribution in [-0.4, -0.2) is 48.8 Å². The van der Waals surface area contributed by atoms with Crippen LogP contribution < -0.4 is 0 Å². The highest BCUT2D eigenvalue weighted by Gasteiger charge is 2.20. The molecule has 0 fully saturated rings. The number of hydrogen-bond acceptors (Lipinski definition) is 7. The molecule has 5 rings (SSSR count). The predicted octanol–water partition coefficient (Wildman–Crippen LogP) is 5.34. The van der Waals surface area contributed by atoms with E-state index in [9.17, 15) is 9.90 Å². The predicted molar refractivity (Wildman–Crippen MR) is 130 cm³/mol. The first-order chi connectivity index (χ1) is 16.5. The van der Waals surface area contributed by atoms with Gasteiger partial charge in [0.2, 0.25) is 0 Å². The van der Waals surface area contributed by atoms with Crippen LogP contribution in [0.5, 0.6) is 5.75 Å². The standard InChI is InChI=1S/C25H23N7O2/c1-4-31(5-2)25(34)19-13-21(17-8-6-7-9-18(17)23(19)33)29-27-16-10-11-20-22(12-16)32-24(30-28-20)15(3)14-26-32/h6-14,33H,4-5H2,1-3H3/b29-27+. The van der Waals surface area contributed by atoms with E-state index in [2.05, 4.69) is 25.5 Å². The average Bonchev–Trinajstić information content (AvgIpc) is 3.25. The van der Waals surface area contributed by atoms with Gasteiger partial charge in [-0.1, -0.05) is 24.3 Å². The largest absolute Gasteiger partial charge is 0.506 e. The number of aromatic hydroxyl groups is 1. The molecule has 0 atom stereocenters. The van der Waals surface area contributed by atoms with Gasteiger partial charge < -0.3 is 10.0 Å². The van der Waals surface area contributed by atoms with Crippen molar-refractivity contribution in [1.29, 1.82) is 0 Å². The molecule has 1 N–H and O–H groups in total. The van der Waals surface area contributed by atoms with E-state index in [1.54, 1.807) is 33.8 Å². The zero-order valence-corrected chi connectivity index (χ0v) is 19.1. The molecule has 2 heterocycles. The molecule has 0 aliphatic carbocycles. The molecule has 0 saturated heterocycles. The maximum atomic E-state index is 13.0. The summed E-state index contributed by atoms with van der Waals surface area (Å²) in [5.74, 6) is -0.294. The molecule has 2 aromatic heterocycles. The summed E-state index contributed by atoms with van der Waals surface area (Å²) in [5, 5.41) is 33.9. The van der Waals surface area contributed by atoms with Gasteiger partial charge in [-0.05, 0) is 45.0 Å². The molecule has 0 aliphatic heterocycles. The summed E-state index contributed by atoms with van der Waals surface area (Å²) < 4.78 is 1.73. The number of aryl methyl sites for hydroxylation is 1. The number of aromatic nitrogens is 4. The summed E-state index contributed by atoms with van der Waals surface area (Å²) in [5.41, 5.74) is 4.38. The van der Waals surface area contributed by atoms with Crippen LogP contribution in [0.1, 0.15) is 29.8 Å². The molecule has 0 spiro atoms. The normalized spacial score (nSPS) is 11.7. The summed E-state index contributed by atoms with van der Waals surface area (Å²) in [6.07, 6.45) is 1.74. The van der Waals surface area contributed by atoms with Crippen molar-refractivity contribution in [1.82, 2.24) is 24.7 Å². The van der Waals surface area contributed by atoms with E-state index in [-0.39, 0.29) is 17.2 Å². The number of azo groups is 1. The second-order valence-electron chi connectivity index (χ2n) is 7.95. The molecule has 9 heteroatoms. The Morgan fingerprint density at radius 2 is 1.79 bits per heavy atom. The quantitative estimate of drug-likeness (QED) is 0.361. The second-order valence-corrected chi connectivity index (χ2v) is 7.95. The van der Waals surface area contributed by atoms with Gasteiger partial charge in [-0.25, -0.2) is 4.52 Å². The zero-order chi connectivity index (χ0) is 23.8. The van der Waals surface area contributed by atoms with Crippen LogP contribution in [-0.2, 0) is 0 Å². The Kier molecular flexibility index (Phi) is 5.37. The Balaban J connectivity index is 1.62. The zero-order valence-electron chi connectivity index (χ0n) is 19.1. The number of rotatable bonds is 5. The lowest BCUT2D eigenvalue weighted by atomic mass is 10.0. The summed E-state index contributed by atoms with van der Waals surface area (Å²) in [6.45, 7) is 6.82. The molecule has 170 valence electrons. The van der Waals surface area contributed by atoms with Gasteiger partial charge >= 0.3 is 0 Å². The van der Waals surface area contributed by atoms with Gasteiger partial charge in [0.05, 0.1) is 28.7 Å². The Morgan fingerprint density at radius 1 is 1.03 bits per heavy atom. The third kappa shape index (κ3) is 3.51. The molecule has 34 heavy (non-hydrogen) atoms. The summed E-state index contributed by atoms with van der Waals surface area (Å²) in [4.78, 5) is 14.7. The maximum absolute atomic E-state index is 13.0. The van der Waals surface area contributed by atoms with Crippen molar-refractivity contribution in [2.75, 3.05) is 13.1 Å². The van der Waals surface area contributed by atoms with Crippen molar-refractivity contribution in [3.05, 3.63) is 65.9 Å². The minimum Gasteiger partial charge on any atom is -0.506 e. The van der Waals surface area contributed by atoms with E-state index in [1.165, 1.54) is 0 Å². The van der Waals surface area contributed by atoms with Crippen molar-refractivity contribution in [3.8, 4) is 5.75 Å². The highest BCUT2D eigenvalue weighted by Crippen LogP contribution is 2.37. The molecule has 0 aliphatic rings. The van der Waals surface area contributed by atoms with E-state index < -0.39 is 0 Å². The number of phenols is 1. The van der Waals surface area contributed by atoms with Crippen LogP contribution in [0.25, 0.3) is 27.5 Å². The first kappa shape index (κ1) is 21.4. The Bertz CT molecular complexity index is 1590. The van der Waals surface area contributed by atoms with Gasteiger partial charge in [-0.2, -0.15) is 10.2 Å². The van der Waals surface area contributed by atoms with Crippen LogP contribution in [0.2, 0.25) is 0 Å². The number of nitrogens with zero attached hydrogens (tertiary/aromatic N) is 7. The third-order valence-corrected chi connectivity index (χ3v) is 5.91. The molecule has 0 unspecified atom stereocenters. The SMILES string of the molecule is CCN(CC)C(=O)c1cc(/N=N/c2ccc3nnc4c(C)cnn4c3c2)c2ccccc2c1O. The number of hydrogen-bond donors (Lipinski definition) is 1. The van der Waals surface area contributed by atoms with E-state index in [4.69, 9.17) is 0 Å². The van der Waals surface area contributed by atoms with E-state index in [0.717, 1.165) is 11.1 Å². The van der Waals surface area contributed by atoms with Gasteiger partial charge in [0.15, 0.2) is 5.65 Å². The highest BCUT2D eigenvalue weighted by molar-refractivity contribution is 6.07. The monoisotopic (exact) mass is 453 g/mol. The van der Waals surface area contributed by atoms with Crippen LogP contribution in [0.3, 0.4) is 0 Å². The number of carbonyl (C=O) groups is 1. The lowest BCUT2D eigenvalue weighted by molar-refractivity contribution is 0.0770. The molecular weight excluding hydrogens is 430 g/mol.